The second kappa shape index (κ2) is 7.94. The van der Waals surface area contributed by atoms with E-state index < -0.39 is 0 Å². The fourth-order valence-corrected chi connectivity index (χ4v) is 2.51. The molecule has 4 nitrogen and oxygen atoms in total. The first-order chi connectivity index (χ1) is 9.01. The molecule has 0 unspecified atom stereocenters. The number of carbonyl (C=O) groups excluding carboxylic acids is 2. The predicted molar refractivity (Wildman–Crippen MR) is 75.3 cm³/mol. The number of hydrogen-bond acceptors (Lipinski definition) is 5. The van der Waals surface area contributed by atoms with E-state index in [0.29, 0.717) is 12.4 Å². The molecule has 0 amide bonds. The smallest absolute Gasteiger partial charge is 0.306 e. The maximum atomic E-state index is 11.6. The number of aromatic nitrogens is 1. The van der Waals surface area contributed by atoms with E-state index in [1.807, 2.05) is 26.0 Å². The molecule has 1 heterocycles. The van der Waals surface area contributed by atoms with Crippen molar-refractivity contribution in [2.75, 3.05) is 12.4 Å². The van der Waals surface area contributed by atoms with Crippen molar-refractivity contribution < 1.29 is 14.3 Å². The average Bonchev–Trinajstić information content (AvgIpc) is 2.33. The highest BCUT2D eigenvalue weighted by atomic mass is 32.2. The Morgan fingerprint density at radius 2 is 2.00 bits per heavy atom. The lowest BCUT2D eigenvalue weighted by Gasteiger charge is -2.04. The molecule has 104 valence electrons. The highest BCUT2D eigenvalue weighted by Crippen LogP contribution is 2.18. The van der Waals surface area contributed by atoms with Crippen molar-refractivity contribution in [3.63, 3.8) is 0 Å². The van der Waals surface area contributed by atoms with Crippen LogP contribution in [0.4, 0.5) is 0 Å². The Bertz CT molecular complexity index is 440. The molecule has 1 rings (SSSR count). The maximum Gasteiger partial charge on any atom is 0.306 e. The standard InChI is InChI=1S/C14H19NO3S/c1-4-18-14(17)6-5-12(16)9-19-13-8-10(2)7-11(3)15-13/h7-8H,4-6,9H2,1-3H3. The molecule has 0 aliphatic heterocycles. The lowest BCUT2D eigenvalue weighted by molar-refractivity contribution is -0.144. The number of carbonyl (C=O) groups is 2. The molecule has 0 radical (unpaired) electrons. The van der Waals surface area contributed by atoms with Gasteiger partial charge in [0, 0.05) is 12.1 Å². The lowest BCUT2D eigenvalue weighted by Crippen LogP contribution is -2.09. The molecule has 0 saturated carbocycles. The summed E-state index contributed by atoms with van der Waals surface area (Å²) in [6.45, 7) is 6.04. The van der Waals surface area contributed by atoms with Gasteiger partial charge in [0.15, 0.2) is 0 Å². The highest BCUT2D eigenvalue weighted by Gasteiger charge is 2.09. The first-order valence-electron chi connectivity index (χ1n) is 6.26. The average molecular weight is 281 g/mol. The van der Waals surface area contributed by atoms with Crippen molar-refractivity contribution in [3.8, 4) is 0 Å². The zero-order valence-electron chi connectivity index (χ0n) is 11.6. The SMILES string of the molecule is CCOC(=O)CCC(=O)CSc1cc(C)cc(C)n1. The van der Waals surface area contributed by atoms with Crippen LogP contribution in [0.5, 0.6) is 0 Å². The van der Waals surface area contributed by atoms with Crippen LogP contribution in [0.15, 0.2) is 17.2 Å². The number of ketones is 1. The Hall–Kier alpha value is -1.36. The second-order valence-corrected chi connectivity index (χ2v) is 5.25. The van der Waals surface area contributed by atoms with Crippen LogP contribution in [0.2, 0.25) is 0 Å². The summed E-state index contributed by atoms with van der Waals surface area (Å²) in [6, 6.07) is 3.95. The highest BCUT2D eigenvalue weighted by molar-refractivity contribution is 7.99. The number of ether oxygens (including phenoxy) is 1. The molecule has 0 atom stereocenters. The van der Waals surface area contributed by atoms with Gasteiger partial charge in [0.25, 0.3) is 0 Å². The molecule has 5 heteroatoms. The number of thioether (sulfide) groups is 1. The summed E-state index contributed by atoms with van der Waals surface area (Å²) in [5.41, 5.74) is 2.08. The molecule has 0 aliphatic carbocycles. The van der Waals surface area contributed by atoms with E-state index in [0.717, 1.165) is 16.3 Å². The van der Waals surface area contributed by atoms with Gasteiger partial charge in [-0.2, -0.15) is 0 Å². The zero-order chi connectivity index (χ0) is 14.3. The van der Waals surface area contributed by atoms with Crippen LogP contribution in [-0.2, 0) is 14.3 Å². The Labute approximate surface area is 117 Å². The molecule has 0 aliphatic rings. The van der Waals surface area contributed by atoms with Gasteiger partial charge in [-0.15, -0.1) is 0 Å². The minimum atomic E-state index is -0.314. The van der Waals surface area contributed by atoms with Crippen LogP contribution in [0.1, 0.15) is 31.0 Å². The van der Waals surface area contributed by atoms with E-state index in [1.165, 1.54) is 11.8 Å². The second-order valence-electron chi connectivity index (χ2n) is 4.26. The Morgan fingerprint density at radius 1 is 1.26 bits per heavy atom. The van der Waals surface area contributed by atoms with Gasteiger partial charge in [-0.1, -0.05) is 11.8 Å². The van der Waals surface area contributed by atoms with Crippen molar-refractivity contribution in [3.05, 3.63) is 23.4 Å². The predicted octanol–water partition coefficient (Wildman–Crippen LogP) is 2.70. The molecular weight excluding hydrogens is 262 g/mol. The largest absolute Gasteiger partial charge is 0.466 e. The summed E-state index contributed by atoms with van der Waals surface area (Å²) in [4.78, 5) is 27.1. The quantitative estimate of drug-likeness (QED) is 0.568. The molecular formula is C14H19NO3S. The molecule has 0 fully saturated rings. The zero-order valence-corrected chi connectivity index (χ0v) is 12.4. The lowest BCUT2D eigenvalue weighted by atomic mass is 10.2. The van der Waals surface area contributed by atoms with Gasteiger partial charge in [-0.3, -0.25) is 9.59 Å². The van der Waals surface area contributed by atoms with Gasteiger partial charge < -0.3 is 4.74 Å². The number of pyridine rings is 1. The van der Waals surface area contributed by atoms with Gasteiger partial charge in [0.2, 0.25) is 0 Å². The number of rotatable bonds is 7. The molecule has 1 aromatic heterocycles. The van der Waals surface area contributed by atoms with Crippen molar-refractivity contribution in [1.82, 2.24) is 4.98 Å². The van der Waals surface area contributed by atoms with E-state index in [1.54, 1.807) is 6.92 Å². The normalized spacial score (nSPS) is 10.3. The molecule has 1 aromatic rings. The van der Waals surface area contributed by atoms with Crippen molar-refractivity contribution in [2.24, 2.45) is 0 Å². The molecule has 19 heavy (non-hydrogen) atoms. The third-order valence-electron chi connectivity index (χ3n) is 2.37. The number of hydrogen-bond donors (Lipinski definition) is 0. The number of aryl methyl sites for hydroxylation is 2. The van der Waals surface area contributed by atoms with Crippen molar-refractivity contribution in [1.29, 1.82) is 0 Å². The Morgan fingerprint density at radius 3 is 2.63 bits per heavy atom. The van der Waals surface area contributed by atoms with Crippen molar-refractivity contribution >= 4 is 23.5 Å². The van der Waals surface area contributed by atoms with Crippen LogP contribution in [0.25, 0.3) is 0 Å². The van der Waals surface area contributed by atoms with Gasteiger partial charge >= 0.3 is 5.97 Å². The Balaban J connectivity index is 2.35. The molecule has 0 bridgehead atoms. The van der Waals surface area contributed by atoms with Crippen LogP contribution in [0, 0.1) is 13.8 Å². The van der Waals surface area contributed by atoms with Crippen LogP contribution >= 0.6 is 11.8 Å². The van der Waals surface area contributed by atoms with Crippen LogP contribution in [-0.4, -0.2) is 29.1 Å². The Kier molecular flexibility index (Phi) is 6.56. The third-order valence-corrected chi connectivity index (χ3v) is 3.34. The third kappa shape index (κ3) is 6.38. The minimum absolute atomic E-state index is 0.0408. The molecule has 0 saturated heterocycles. The monoisotopic (exact) mass is 281 g/mol. The van der Waals surface area contributed by atoms with Gasteiger partial charge in [-0.25, -0.2) is 4.98 Å². The fourth-order valence-electron chi connectivity index (χ4n) is 1.58. The van der Waals surface area contributed by atoms with Gasteiger partial charge in [0.05, 0.1) is 23.8 Å². The van der Waals surface area contributed by atoms with Gasteiger partial charge in [-0.05, 0) is 38.5 Å². The van der Waals surface area contributed by atoms with E-state index in [2.05, 4.69) is 4.98 Å². The van der Waals surface area contributed by atoms with Crippen LogP contribution < -0.4 is 0 Å². The summed E-state index contributed by atoms with van der Waals surface area (Å²) in [5.74, 6) is 0.0688. The summed E-state index contributed by atoms with van der Waals surface area (Å²) in [6.07, 6.45) is 0.393. The van der Waals surface area contributed by atoms with E-state index in [-0.39, 0.29) is 24.6 Å². The molecule has 0 N–H and O–H groups in total. The first kappa shape index (κ1) is 15.7. The topological polar surface area (TPSA) is 56.3 Å². The minimum Gasteiger partial charge on any atom is -0.466 e. The summed E-state index contributed by atoms with van der Waals surface area (Å²) >= 11 is 1.41. The van der Waals surface area contributed by atoms with E-state index >= 15 is 0 Å². The van der Waals surface area contributed by atoms with Gasteiger partial charge in [0.1, 0.15) is 5.78 Å². The van der Waals surface area contributed by atoms with E-state index in [4.69, 9.17) is 4.74 Å². The van der Waals surface area contributed by atoms with Crippen LogP contribution in [0.3, 0.4) is 0 Å². The maximum absolute atomic E-state index is 11.6. The van der Waals surface area contributed by atoms with Crippen molar-refractivity contribution in [2.45, 2.75) is 38.6 Å². The molecule has 0 aromatic carbocycles. The molecule has 0 spiro atoms. The first-order valence-corrected chi connectivity index (χ1v) is 7.25. The summed E-state index contributed by atoms with van der Waals surface area (Å²) in [5, 5.41) is 0.849. The summed E-state index contributed by atoms with van der Waals surface area (Å²) < 4.78 is 4.78. The fraction of sp³-hybridized carbons (Fsp3) is 0.500. The van der Waals surface area contributed by atoms with E-state index in [9.17, 15) is 9.59 Å². The number of esters is 1. The number of nitrogens with zero attached hydrogens (tertiary/aromatic N) is 1. The number of Topliss-reactive ketones (excluding diaryl/α,β-unsaturated/α-hetero) is 1. The summed E-state index contributed by atoms with van der Waals surface area (Å²) in [7, 11) is 0.